The second-order valence-corrected chi connectivity index (χ2v) is 4.73. The smallest absolute Gasteiger partial charge is 0.407 e. The number of amides is 1. The lowest BCUT2D eigenvalue weighted by molar-refractivity contribution is -0.152. The SMILES string of the molecule is CCOC(=O)C(C(C)=O)C(NC(=O)OC)c1ccc(OC)cc1. The number of esters is 1. The molecule has 0 fully saturated rings. The number of ether oxygens (including phenoxy) is 3. The predicted octanol–water partition coefficient (Wildman–Crippen LogP) is 1.86. The first kappa shape index (κ1) is 18.5. The summed E-state index contributed by atoms with van der Waals surface area (Å²) in [4.78, 5) is 35.7. The van der Waals surface area contributed by atoms with Crippen LogP contribution in [0.3, 0.4) is 0 Å². The second kappa shape index (κ2) is 8.77. The first-order valence-corrected chi connectivity index (χ1v) is 7.10. The Morgan fingerprint density at radius 1 is 1.13 bits per heavy atom. The minimum absolute atomic E-state index is 0.135. The molecule has 2 atom stereocenters. The van der Waals surface area contributed by atoms with Gasteiger partial charge in [-0.1, -0.05) is 12.1 Å². The Morgan fingerprint density at radius 2 is 1.74 bits per heavy atom. The molecule has 23 heavy (non-hydrogen) atoms. The molecule has 126 valence electrons. The summed E-state index contributed by atoms with van der Waals surface area (Å²) in [5.74, 6) is -1.67. The highest BCUT2D eigenvalue weighted by Crippen LogP contribution is 2.26. The fraction of sp³-hybridized carbons (Fsp3) is 0.438. The monoisotopic (exact) mass is 323 g/mol. The van der Waals surface area contributed by atoms with Crippen LogP contribution in [0, 0.1) is 5.92 Å². The molecule has 1 N–H and O–H groups in total. The molecule has 0 saturated heterocycles. The van der Waals surface area contributed by atoms with Crippen molar-refractivity contribution in [2.45, 2.75) is 19.9 Å². The standard InChI is InChI=1S/C16H21NO6/c1-5-23-15(19)13(10(2)18)14(17-16(20)22-4)11-6-8-12(21-3)9-7-11/h6-9,13-14H,5H2,1-4H3,(H,17,20). The number of alkyl carbamates (subject to hydrolysis) is 1. The maximum Gasteiger partial charge on any atom is 0.407 e. The number of hydrogen-bond donors (Lipinski definition) is 1. The molecule has 2 unspecified atom stereocenters. The van der Waals surface area contributed by atoms with Crippen LogP contribution in [0.4, 0.5) is 4.79 Å². The van der Waals surface area contributed by atoms with E-state index in [0.717, 1.165) is 0 Å². The van der Waals surface area contributed by atoms with Crippen LogP contribution in [-0.4, -0.2) is 38.7 Å². The first-order chi connectivity index (χ1) is 10.9. The topological polar surface area (TPSA) is 90.9 Å². The molecule has 7 heteroatoms. The van der Waals surface area contributed by atoms with Gasteiger partial charge in [0.1, 0.15) is 17.5 Å². The molecule has 0 bridgehead atoms. The number of carbonyl (C=O) groups is 3. The van der Waals surface area contributed by atoms with Crippen molar-refractivity contribution in [2.24, 2.45) is 5.92 Å². The minimum Gasteiger partial charge on any atom is -0.497 e. The maximum atomic E-state index is 12.1. The number of methoxy groups -OCH3 is 2. The lowest BCUT2D eigenvalue weighted by atomic mass is 9.90. The van der Waals surface area contributed by atoms with Gasteiger partial charge in [0.15, 0.2) is 0 Å². The summed E-state index contributed by atoms with van der Waals surface area (Å²) in [6.07, 6.45) is -0.749. The Hall–Kier alpha value is -2.57. The molecule has 0 aliphatic rings. The number of benzene rings is 1. The molecule has 0 aliphatic carbocycles. The molecule has 0 aromatic heterocycles. The van der Waals surface area contributed by atoms with E-state index in [0.29, 0.717) is 11.3 Å². The van der Waals surface area contributed by atoms with Gasteiger partial charge in [-0.05, 0) is 31.5 Å². The molecule has 1 aromatic carbocycles. The van der Waals surface area contributed by atoms with Gasteiger partial charge < -0.3 is 19.5 Å². The summed E-state index contributed by atoms with van der Waals surface area (Å²) < 4.78 is 14.6. The third-order valence-electron chi connectivity index (χ3n) is 3.25. The average Bonchev–Trinajstić information content (AvgIpc) is 2.54. The van der Waals surface area contributed by atoms with Crippen molar-refractivity contribution in [2.75, 3.05) is 20.8 Å². The first-order valence-electron chi connectivity index (χ1n) is 7.10. The van der Waals surface area contributed by atoms with Crippen LogP contribution < -0.4 is 10.1 Å². The Morgan fingerprint density at radius 3 is 2.17 bits per heavy atom. The lowest BCUT2D eigenvalue weighted by Gasteiger charge is -2.24. The van der Waals surface area contributed by atoms with Crippen molar-refractivity contribution >= 4 is 17.8 Å². The molecule has 0 spiro atoms. The van der Waals surface area contributed by atoms with Crippen LogP contribution in [0.15, 0.2) is 24.3 Å². The van der Waals surface area contributed by atoms with Crippen molar-refractivity contribution in [3.05, 3.63) is 29.8 Å². The molecule has 7 nitrogen and oxygen atoms in total. The minimum atomic E-state index is -1.16. The molecule has 1 amide bonds. The average molecular weight is 323 g/mol. The number of hydrogen-bond acceptors (Lipinski definition) is 6. The van der Waals surface area contributed by atoms with E-state index >= 15 is 0 Å². The van der Waals surface area contributed by atoms with Crippen LogP contribution in [0.2, 0.25) is 0 Å². The van der Waals surface area contributed by atoms with E-state index < -0.39 is 29.8 Å². The Balaban J connectivity index is 3.21. The van der Waals surface area contributed by atoms with Crippen LogP contribution in [0.1, 0.15) is 25.5 Å². The van der Waals surface area contributed by atoms with Crippen molar-refractivity contribution in [3.63, 3.8) is 0 Å². The third-order valence-corrected chi connectivity index (χ3v) is 3.25. The number of ketones is 1. The van der Waals surface area contributed by atoms with Crippen molar-refractivity contribution in [3.8, 4) is 5.75 Å². The number of Topliss-reactive ketones (excluding diaryl/α,β-unsaturated/α-hetero) is 1. The normalized spacial score (nSPS) is 12.7. The second-order valence-electron chi connectivity index (χ2n) is 4.73. The summed E-state index contributed by atoms with van der Waals surface area (Å²) >= 11 is 0. The third kappa shape index (κ3) is 4.98. The van der Waals surface area contributed by atoms with Gasteiger partial charge in [-0.15, -0.1) is 0 Å². The van der Waals surface area contributed by atoms with Gasteiger partial charge in [0.05, 0.1) is 26.9 Å². The summed E-state index contributed by atoms with van der Waals surface area (Å²) in [6.45, 7) is 3.05. The van der Waals surface area contributed by atoms with Crippen LogP contribution in [0.5, 0.6) is 5.75 Å². The highest BCUT2D eigenvalue weighted by atomic mass is 16.5. The van der Waals surface area contributed by atoms with E-state index in [9.17, 15) is 14.4 Å². The van der Waals surface area contributed by atoms with Gasteiger partial charge in [-0.3, -0.25) is 9.59 Å². The molecular formula is C16H21NO6. The Labute approximate surface area is 134 Å². The van der Waals surface area contributed by atoms with Crippen LogP contribution in [-0.2, 0) is 19.1 Å². The van der Waals surface area contributed by atoms with Gasteiger partial charge in [0.2, 0.25) is 0 Å². The van der Waals surface area contributed by atoms with E-state index in [1.54, 1.807) is 31.2 Å². The van der Waals surface area contributed by atoms with Crippen molar-refractivity contribution in [1.82, 2.24) is 5.32 Å². The highest BCUT2D eigenvalue weighted by molar-refractivity contribution is 5.99. The van der Waals surface area contributed by atoms with Crippen LogP contribution in [0.25, 0.3) is 0 Å². The summed E-state index contributed by atoms with van der Waals surface area (Å²) in [7, 11) is 2.73. The van der Waals surface area contributed by atoms with Gasteiger partial charge in [0, 0.05) is 0 Å². The summed E-state index contributed by atoms with van der Waals surface area (Å²) in [6, 6.07) is 5.76. The Kier molecular flexibility index (Phi) is 7.05. The fourth-order valence-corrected chi connectivity index (χ4v) is 2.13. The molecule has 0 radical (unpaired) electrons. The fourth-order valence-electron chi connectivity index (χ4n) is 2.13. The van der Waals surface area contributed by atoms with E-state index in [4.69, 9.17) is 9.47 Å². The molecule has 0 saturated carbocycles. The molecule has 1 aromatic rings. The van der Waals surface area contributed by atoms with E-state index in [2.05, 4.69) is 10.1 Å². The zero-order valence-electron chi connectivity index (χ0n) is 13.6. The quantitative estimate of drug-likeness (QED) is 0.608. The van der Waals surface area contributed by atoms with Crippen molar-refractivity contribution in [1.29, 1.82) is 0 Å². The zero-order valence-corrected chi connectivity index (χ0v) is 13.6. The van der Waals surface area contributed by atoms with Crippen LogP contribution >= 0.6 is 0 Å². The van der Waals surface area contributed by atoms with Gasteiger partial charge in [0.25, 0.3) is 0 Å². The molecule has 0 heterocycles. The van der Waals surface area contributed by atoms with Gasteiger partial charge >= 0.3 is 12.1 Å². The Bertz CT molecular complexity index is 554. The van der Waals surface area contributed by atoms with E-state index in [-0.39, 0.29) is 6.61 Å². The molecule has 1 rings (SSSR count). The van der Waals surface area contributed by atoms with E-state index in [1.807, 2.05) is 0 Å². The largest absolute Gasteiger partial charge is 0.497 e. The number of carbonyl (C=O) groups excluding carboxylic acids is 3. The summed E-state index contributed by atoms with van der Waals surface area (Å²) in [5.41, 5.74) is 0.560. The maximum absolute atomic E-state index is 12.1. The summed E-state index contributed by atoms with van der Waals surface area (Å²) in [5, 5.41) is 2.52. The zero-order chi connectivity index (χ0) is 17.4. The molecule has 0 aliphatic heterocycles. The lowest BCUT2D eigenvalue weighted by Crippen LogP contribution is -2.40. The number of rotatable bonds is 7. The predicted molar refractivity (Wildman–Crippen MR) is 82.1 cm³/mol. The van der Waals surface area contributed by atoms with Gasteiger partial charge in [-0.25, -0.2) is 4.79 Å². The van der Waals surface area contributed by atoms with Gasteiger partial charge in [-0.2, -0.15) is 0 Å². The number of nitrogens with one attached hydrogen (secondary N) is 1. The van der Waals surface area contributed by atoms with E-state index in [1.165, 1.54) is 21.1 Å². The van der Waals surface area contributed by atoms with Crippen molar-refractivity contribution < 1.29 is 28.6 Å². The molecular weight excluding hydrogens is 302 g/mol. The highest BCUT2D eigenvalue weighted by Gasteiger charge is 2.36.